The maximum Gasteiger partial charge on any atom is 0.0108 e. The van der Waals surface area contributed by atoms with Crippen LogP contribution in [-0.4, -0.2) is 37.1 Å². The molecule has 1 saturated heterocycles. The molecule has 2 nitrogen and oxygen atoms in total. The lowest BCUT2D eigenvalue weighted by molar-refractivity contribution is 0.111. The van der Waals surface area contributed by atoms with Crippen LogP contribution < -0.4 is 5.32 Å². The highest BCUT2D eigenvalue weighted by Gasteiger charge is 2.27. The Morgan fingerprint density at radius 3 is 2.35 bits per heavy atom. The first-order valence-electron chi connectivity index (χ1n) is 7.74. The van der Waals surface area contributed by atoms with Gasteiger partial charge in [0.1, 0.15) is 0 Å². The van der Waals surface area contributed by atoms with E-state index in [-0.39, 0.29) is 0 Å². The normalized spacial score (nSPS) is 35.8. The highest BCUT2D eigenvalue weighted by Crippen LogP contribution is 2.30. The van der Waals surface area contributed by atoms with Crippen molar-refractivity contribution in [1.29, 1.82) is 0 Å². The Balaban J connectivity index is 1.80. The summed E-state index contributed by atoms with van der Waals surface area (Å²) in [7, 11) is 2.38. The van der Waals surface area contributed by atoms with Crippen LogP contribution in [0, 0.1) is 5.92 Å². The molecule has 100 valence electrons. The van der Waals surface area contributed by atoms with Crippen molar-refractivity contribution in [2.45, 2.75) is 70.4 Å². The van der Waals surface area contributed by atoms with Crippen molar-refractivity contribution in [2.75, 3.05) is 20.1 Å². The lowest BCUT2D eigenvalue weighted by Gasteiger charge is -2.38. The zero-order chi connectivity index (χ0) is 12.1. The second-order valence-electron chi connectivity index (χ2n) is 6.08. The van der Waals surface area contributed by atoms with Gasteiger partial charge in [0, 0.05) is 12.1 Å². The summed E-state index contributed by atoms with van der Waals surface area (Å²) in [5.74, 6) is 1.02. The van der Waals surface area contributed by atoms with Crippen molar-refractivity contribution in [3.63, 3.8) is 0 Å². The average Bonchev–Trinajstić information content (AvgIpc) is 2.67. The molecule has 0 spiro atoms. The summed E-state index contributed by atoms with van der Waals surface area (Å²) < 4.78 is 0. The molecule has 0 aromatic heterocycles. The molecule has 1 aliphatic carbocycles. The van der Waals surface area contributed by atoms with Crippen LogP contribution in [0.1, 0.15) is 58.3 Å². The van der Waals surface area contributed by atoms with E-state index in [0.29, 0.717) is 0 Å². The van der Waals surface area contributed by atoms with Crippen LogP contribution in [0.25, 0.3) is 0 Å². The number of nitrogens with zero attached hydrogens (tertiary/aromatic N) is 1. The maximum atomic E-state index is 3.52. The van der Waals surface area contributed by atoms with E-state index in [2.05, 4.69) is 24.2 Å². The Morgan fingerprint density at radius 2 is 1.65 bits per heavy atom. The van der Waals surface area contributed by atoms with Gasteiger partial charge in [0.2, 0.25) is 0 Å². The smallest absolute Gasteiger partial charge is 0.0108 e. The van der Waals surface area contributed by atoms with Crippen LogP contribution in [0.15, 0.2) is 0 Å². The molecule has 0 aromatic rings. The topological polar surface area (TPSA) is 15.3 Å². The van der Waals surface area contributed by atoms with Crippen molar-refractivity contribution >= 4 is 0 Å². The van der Waals surface area contributed by atoms with Crippen LogP contribution in [0.5, 0.6) is 0 Å². The zero-order valence-electron chi connectivity index (χ0n) is 11.8. The van der Waals surface area contributed by atoms with Gasteiger partial charge in [-0.05, 0) is 71.0 Å². The molecule has 2 rings (SSSR count). The van der Waals surface area contributed by atoms with E-state index in [1.165, 1.54) is 64.5 Å². The molecule has 17 heavy (non-hydrogen) atoms. The van der Waals surface area contributed by atoms with Crippen LogP contribution in [0.3, 0.4) is 0 Å². The molecule has 1 atom stereocenters. The third-order valence-corrected chi connectivity index (χ3v) is 5.09. The Kier molecular flexibility index (Phi) is 5.30. The first kappa shape index (κ1) is 13.4. The fourth-order valence-corrected chi connectivity index (χ4v) is 3.67. The van der Waals surface area contributed by atoms with Crippen molar-refractivity contribution in [1.82, 2.24) is 10.2 Å². The van der Waals surface area contributed by atoms with E-state index in [0.717, 1.165) is 18.0 Å². The molecular weight excluding hydrogens is 208 g/mol. The third-order valence-electron chi connectivity index (χ3n) is 5.09. The van der Waals surface area contributed by atoms with Gasteiger partial charge in [-0.15, -0.1) is 0 Å². The van der Waals surface area contributed by atoms with Crippen molar-refractivity contribution in [3.8, 4) is 0 Å². The molecule has 0 aromatic carbocycles. The van der Waals surface area contributed by atoms with Crippen LogP contribution in [-0.2, 0) is 0 Å². The highest BCUT2D eigenvalue weighted by molar-refractivity contribution is 4.83. The minimum absolute atomic E-state index is 0.841. The molecule has 2 heteroatoms. The van der Waals surface area contributed by atoms with Gasteiger partial charge in [-0.1, -0.05) is 13.3 Å². The fraction of sp³-hybridized carbons (Fsp3) is 1.00. The molecule has 0 bridgehead atoms. The van der Waals surface area contributed by atoms with Gasteiger partial charge in [0.25, 0.3) is 0 Å². The predicted octanol–water partition coefficient (Wildman–Crippen LogP) is 3.03. The monoisotopic (exact) mass is 238 g/mol. The number of nitrogens with one attached hydrogen (secondary N) is 1. The second-order valence-corrected chi connectivity index (χ2v) is 6.08. The summed E-state index contributed by atoms with van der Waals surface area (Å²) >= 11 is 0. The van der Waals surface area contributed by atoms with Gasteiger partial charge in [0.05, 0.1) is 0 Å². The van der Waals surface area contributed by atoms with E-state index in [1.54, 1.807) is 0 Å². The molecular formula is C15H30N2. The lowest BCUT2D eigenvalue weighted by Crippen LogP contribution is -2.42. The molecule has 1 saturated carbocycles. The van der Waals surface area contributed by atoms with Crippen LogP contribution >= 0.6 is 0 Å². The molecule has 0 amide bonds. The number of hydrogen-bond acceptors (Lipinski definition) is 2. The minimum atomic E-state index is 0.841. The summed E-state index contributed by atoms with van der Waals surface area (Å²) in [6.45, 7) is 4.80. The third kappa shape index (κ3) is 3.69. The predicted molar refractivity (Wildman–Crippen MR) is 74.3 cm³/mol. The minimum Gasteiger partial charge on any atom is -0.317 e. The molecule has 2 aliphatic rings. The molecule has 0 radical (unpaired) electrons. The summed E-state index contributed by atoms with van der Waals surface area (Å²) in [5, 5.41) is 3.52. The van der Waals surface area contributed by atoms with Gasteiger partial charge >= 0.3 is 0 Å². The Labute approximate surface area is 107 Å². The van der Waals surface area contributed by atoms with E-state index in [9.17, 15) is 0 Å². The molecule has 1 N–H and O–H groups in total. The Hall–Kier alpha value is -0.0800. The van der Waals surface area contributed by atoms with Crippen LogP contribution in [0.4, 0.5) is 0 Å². The number of rotatable bonds is 3. The lowest BCUT2D eigenvalue weighted by atomic mass is 9.83. The Morgan fingerprint density at radius 1 is 0.941 bits per heavy atom. The SMILES string of the molecule is CCC1CCC(N(C)C2CCCNCC2)CC1. The van der Waals surface area contributed by atoms with Gasteiger partial charge in [-0.25, -0.2) is 0 Å². The summed E-state index contributed by atoms with van der Waals surface area (Å²) in [5.41, 5.74) is 0. The quantitative estimate of drug-likeness (QED) is 0.813. The largest absolute Gasteiger partial charge is 0.317 e. The molecule has 1 aliphatic heterocycles. The van der Waals surface area contributed by atoms with Gasteiger partial charge < -0.3 is 10.2 Å². The second kappa shape index (κ2) is 6.75. The van der Waals surface area contributed by atoms with Gasteiger partial charge in [0.15, 0.2) is 0 Å². The summed E-state index contributed by atoms with van der Waals surface area (Å²) in [4.78, 5) is 2.72. The Bertz CT molecular complexity index is 201. The van der Waals surface area contributed by atoms with E-state index in [4.69, 9.17) is 0 Å². The highest BCUT2D eigenvalue weighted by atomic mass is 15.2. The fourth-order valence-electron chi connectivity index (χ4n) is 3.67. The van der Waals surface area contributed by atoms with Crippen molar-refractivity contribution in [2.24, 2.45) is 5.92 Å². The standard InChI is InChI=1S/C15H30N2/c1-3-13-6-8-15(9-7-13)17(2)14-5-4-11-16-12-10-14/h13-16H,3-12H2,1-2H3. The van der Waals surface area contributed by atoms with E-state index in [1.807, 2.05) is 0 Å². The summed E-state index contributed by atoms with van der Waals surface area (Å²) in [6, 6.07) is 1.72. The summed E-state index contributed by atoms with van der Waals surface area (Å²) in [6.07, 6.45) is 11.3. The maximum absolute atomic E-state index is 3.52. The van der Waals surface area contributed by atoms with Crippen molar-refractivity contribution < 1.29 is 0 Å². The number of hydrogen-bond donors (Lipinski definition) is 1. The molecule has 2 fully saturated rings. The molecule has 1 unspecified atom stereocenters. The van der Waals surface area contributed by atoms with Crippen molar-refractivity contribution in [3.05, 3.63) is 0 Å². The van der Waals surface area contributed by atoms with E-state index < -0.39 is 0 Å². The van der Waals surface area contributed by atoms with Crippen LogP contribution in [0.2, 0.25) is 0 Å². The first-order chi connectivity index (χ1) is 8.31. The zero-order valence-corrected chi connectivity index (χ0v) is 11.8. The van der Waals surface area contributed by atoms with E-state index >= 15 is 0 Å². The van der Waals surface area contributed by atoms with Gasteiger partial charge in [-0.2, -0.15) is 0 Å². The molecule has 1 heterocycles. The average molecular weight is 238 g/mol. The first-order valence-corrected chi connectivity index (χ1v) is 7.74. The van der Waals surface area contributed by atoms with Gasteiger partial charge in [-0.3, -0.25) is 0 Å².